The fraction of sp³-hybridized carbons (Fsp3) is 0.500. The lowest BCUT2D eigenvalue weighted by Gasteiger charge is -2.06. The van der Waals surface area contributed by atoms with Gasteiger partial charge in [0.2, 0.25) is 0 Å². The Morgan fingerprint density at radius 3 is 2.58 bits per heavy atom. The average molecular weight is 172 g/mol. The standard InChI is InChI=1S/C8H12O4/c1-4-12-7(9)5-6(2)8(10)11-3/h4,6H,1,5H2,2-3H3. The fourth-order valence-electron chi connectivity index (χ4n) is 0.676. The number of ether oxygens (including phenoxy) is 2. The smallest absolute Gasteiger partial charge is 0.311 e. The van der Waals surface area contributed by atoms with E-state index in [1.807, 2.05) is 0 Å². The van der Waals surface area contributed by atoms with Gasteiger partial charge in [-0.1, -0.05) is 13.5 Å². The van der Waals surface area contributed by atoms with Gasteiger partial charge in [-0.3, -0.25) is 9.59 Å². The summed E-state index contributed by atoms with van der Waals surface area (Å²) in [6.45, 7) is 4.81. The normalized spacial score (nSPS) is 11.5. The van der Waals surface area contributed by atoms with Crippen molar-refractivity contribution in [3.63, 3.8) is 0 Å². The molecule has 0 radical (unpaired) electrons. The van der Waals surface area contributed by atoms with Crippen LogP contribution in [0.25, 0.3) is 0 Å². The zero-order chi connectivity index (χ0) is 9.56. The van der Waals surface area contributed by atoms with Crippen molar-refractivity contribution in [2.24, 2.45) is 5.92 Å². The van der Waals surface area contributed by atoms with Crippen LogP contribution in [0, 0.1) is 5.92 Å². The topological polar surface area (TPSA) is 52.6 Å². The van der Waals surface area contributed by atoms with E-state index in [0.717, 1.165) is 6.26 Å². The third kappa shape index (κ3) is 3.75. The molecule has 0 saturated heterocycles. The van der Waals surface area contributed by atoms with Crippen molar-refractivity contribution < 1.29 is 19.1 Å². The van der Waals surface area contributed by atoms with Crippen LogP contribution in [-0.4, -0.2) is 19.0 Å². The minimum Gasteiger partial charge on any atom is -0.469 e. The Hall–Kier alpha value is -1.32. The maximum atomic E-state index is 10.8. The molecule has 0 amide bonds. The average Bonchev–Trinajstić information content (AvgIpc) is 2.03. The molecule has 0 aromatic heterocycles. The van der Waals surface area contributed by atoms with Crippen LogP contribution in [0.1, 0.15) is 13.3 Å². The number of carbonyl (C=O) groups excluding carboxylic acids is 2. The van der Waals surface area contributed by atoms with Gasteiger partial charge in [-0.2, -0.15) is 0 Å². The van der Waals surface area contributed by atoms with Gasteiger partial charge in [0.1, 0.15) is 0 Å². The Balaban J connectivity index is 3.83. The molecule has 0 spiro atoms. The lowest BCUT2D eigenvalue weighted by atomic mass is 10.1. The quantitative estimate of drug-likeness (QED) is 0.466. The Morgan fingerprint density at radius 2 is 2.17 bits per heavy atom. The molecule has 0 rings (SSSR count). The predicted molar refractivity (Wildman–Crippen MR) is 42.1 cm³/mol. The Morgan fingerprint density at radius 1 is 1.58 bits per heavy atom. The van der Waals surface area contributed by atoms with E-state index in [0.29, 0.717) is 0 Å². The summed E-state index contributed by atoms with van der Waals surface area (Å²) in [5, 5.41) is 0. The molecular formula is C8H12O4. The molecule has 1 atom stereocenters. The van der Waals surface area contributed by atoms with E-state index in [4.69, 9.17) is 0 Å². The molecule has 0 aliphatic rings. The lowest BCUT2D eigenvalue weighted by molar-refractivity contribution is -0.150. The van der Waals surface area contributed by atoms with Gasteiger partial charge in [0.05, 0.1) is 25.7 Å². The van der Waals surface area contributed by atoms with E-state index in [2.05, 4.69) is 16.1 Å². The summed E-state index contributed by atoms with van der Waals surface area (Å²) in [4.78, 5) is 21.6. The number of hydrogen-bond acceptors (Lipinski definition) is 4. The summed E-state index contributed by atoms with van der Waals surface area (Å²) < 4.78 is 8.84. The maximum Gasteiger partial charge on any atom is 0.311 e. The van der Waals surface area contributed by atoms with Crippen molar-refractivity contribution in [1.29, 1.82) is 0 Å². The van der Waals surface area contributed by atoms with Crippen LogP contribution < -0.4 is 0 Å². The van der Waals surface area contributed by atoms with Crippen molar-refractivity contribution in [3.05, 3.63) is 12.8 Å². The highest BCUT2D eigenvalue weighted by Crippen LogP contribution is 2.05. The molecular weight excluding hydrogens is 160 g/mol. The minimum absolute atomic E-state index is 0.0126. The van der Waals surface area contributed by atoms with Gasteiger partial charge in [0.15, 0.2) is 0 Å². The summed E-state index contributed by atoms with van der Waals surface area (Å²) in [6, 6.07) is 0. The van der Waals surface area contributed by atoms with Gasteiger partial charge in [-0.05, 0) is 0 Å². The fourth-order valence-corrected chi connectivity index (χ4v) is 0.676. The summed E-state index contributed by atoms with van der Waals surface area (Å²) in [7, 11) is 1.28. The van der Waals surface area contributed by atoms with E-state index in [1.165, 1.54) is 7.11 Å². The molecule has 0 N–H and O–H groups in total. The predicted octanol–water partition coefficient (Wildman–Crippen LogP) is 0.872. The highest BCUT2D eigenvalue weighted by atomic mass is 16.5. The van der Waals surface area contributed by atoms with Crippen LogP contribution in [0.15, 0.2) is 12.8 Å². The SMILES string of the molecule is C=COC(=O)CC(C)C(=O)OC. The van der Waals surface area contributed by atoms with Crippen LogP contribution in [-0.2, 0) is 19.1 Å². The molecule has 1 unspecified atom stereocenters. The second-order valence-electron chi connectivity index (χ2n) is 2.28. The largest absolute Gasteiger partial charge is 0.469 e. The Bertz CT molecular complexity index is 185. The monoisotopic (exact) mass is 172 g/mol. The number of rotatable bonds is 4. The molecule has 0 aromatic rings. The summed E-state index contributed by atoms with van der Waals surface area (Å²) in [5.41, 5.74) is 0. The minimum atomic E-state index is -0.483. The van der Waals surface area contributed by atoms with E-state index < -0.39 is 17.9 Å². The molecule has 4 nitrogen and oxygen atoms in total. The first-order valence-corrected chi connectivity index (χ1v) is 3.50. The Kier molecular flexibility index (Phi) is 4.76. The van der Waals surface area contributed by atoms with Gasteiger partial charge < -0.3 is 9.47 Å². The highest BCUT2D eigenvalue weighted by molar-refractivity contribution is 5.79. The number of esters is 2. The second kappa shape index (κ2) is 5.35. The van der Waals surface area contributed by atoms with E-state index in [-0.39, 0.29) is 6.42 Å². The van der Waals surface area contributed by atoms with Gasteiger partial charge in [0, 0.05) is 0 Å². The highest BCUT2D eigenvalue weighted by Gasteiger charge is 2.17. The molecule has 0 saturated carbocycles. The van der Waals surface area contributed by atoms with Crippen molar-refractivity contribution in [1.82, 2.24) is 0 Å². The molecule has 0 bridgehead atoms. The maximum absolute atomic E-state index is 10.8. The molecule has 0 fully saturated rings. The van der Waals surface area contributed by atoms with Crippen LogP contribution in [0.2, 0.25) is 0 Å². The lowest BCUT2D eigenvalue weighted by Crippen LogP contribution is -2.17. The first-order chi connectivity index (χ1) is 5.61. The van der Waals surface area contributed by atoms with Gasteiger partial charge >= 0.3 is 11.9 Å². The van der Waals surface area contributed by atoms with E-state index in [9.17, 15) is 9.59 Å². The molecule has 68 valence electrons. The van der Waals surface area contributed by atoms with Crippen LogP contribution >= 0.6 is 0 Å². The van der Waals surface area contributed by atoms with Crippen molar-refractivity contribution in [3.8, 4) is 0 Å². The van der Waals surface area contributed by atoms with E-state index >= 15 is 0 Å². The summed E-state index contributed by atoms with van der Waals surface area (Å²) >= 11 is 0. The zero-order valence-corrected chi connectivity index (χ0v) is 7.20. The van der Waals surface area contributed by atoms with Gasteiger partial charge in [-0.15, -0.1) is 0 Å². The van der Waals surface area contributed by atoms with Gasteiger partial charge in [-0.25, -0.2) is 0 Å². The third-order valence-electron chi connectivity index (χ3n) is 1.29. The zero-order valence-electron chi connectivity index (χ0n) is 7.20. The molecule has 0 aromatic carbocycles. The number of hydrogen-bond donors (Lipinski definition) is 0. The third-order valence-corrected chi connectivity index (χ3v) is 1.29. The first-order valence-electron chi connectivity index (χ1n) is 3.50. The number of carbonyl (C=O) groups is 2. The van der Waals surface area contributed by atoms with E-state index in [1.54, 1.807) is 6.92 Å². The van der Waals surface area contributed by atoms with Crippen molar-refractivity contribution >= 4 is 11.9 Å². The molecule has 4 heteroatoms. The van der Waals surface area contributed by atoms with Crippen molar-refractivity contribution in [2.75, 3.05) is 7.11 Å². The Labute approximate surface area is 71.2 Å². The summed E-state index contributed by atoms with van der Waals surface area (Å²) in [6.07, 6.45) is 1.05. The molecule has 12 heavy (non-hydrogen) atoms. The van der Waals surface area contributed by atoms with Crippen LogP contribution in [0.5, 0.6) is 0 Å². The second-order valence-corrected chi connectivity index (χ2v) is 2.28. The van der Waals surface area contributed by atoms with Crippen LogP contribution in [0.3, 0.4) is 0 Å². The molecule has 0 heterocycles. The van der Waals surface area contributed by atoms with Gasteiger partial charge in [0.25, 0.3) is 0 Å². The molecule has 0 aliphatic carbocycles. The first kappa shape index (κ1) is 10.7. The summed E-state index contributed by atoms with van der Waals surface area (Å²) in [5.74, 6) is -1.37. The van der Waals surface area contributed by atoms with Crippen molar-refractivity contribution in [2.45, 2.75) is 13.3 Å². The molecule has 0 aliphatic heterocycles. The van der Waals surface area contributed by atoms with Crippen LogP contribution in [0.4, 0.5) is 0 Å². The number of methoxy groups -OCH3 is 1.